The van der Waals surface area contributed by atoms with Crippen LogP contribution in [0.15, 0.2) is 58.3 Å². The van der Waals surface area contributed by atoms with Crippen LogP contribution >= 0.6 is 11.8 Å². The van der Waals surface area contributed by atoms with E-state index in [0.717, 1.165) is 16.1 Å². The molecule has 0 bridgehead atoms. The lowest BCUT2D eigenvalue weighted by Crippen LogP contribution is -2.27. The van der Waals surface area contributed by atoms with Gasteiger partial charge in [0.2, 0.25) is 0 Å². The molecule has 2 aromatic rings. The Morgan fingerprint density at radius 1 is 1.05 bits per heavy atom. The van der Waals surface area contributed by atoms with E-state index in [0.29, 0.717) is 0 Å². The normalized spacial score (nSPS) is 11.1. The zero-order valence-electron chi connectivity index (χ0n) is 13.3. The molecule has 0 aliphatic heterocycles. The van der Waals surface area contributed by atoms with Gasteiger partial charge in [-0.15, -0.1) is 0 Å². The zero-order valence-corrected chi connectivity index (χ0v) is 14.2. The maximum atomic E-state index is 11.8. The van der Waals surface area contributed by atoms with Crippen LogP contribution < -0.4 is 5.32 Å². The summed E-state index contributed by atoms with van der Waals surface area (Å²) in [6.45, 7) is 7.51. The Labute approximate surface area is 136 Å². The molecule has 4 heteroatoms. The minimum Gasteiger partial charge on any atom is -0.444 e. The van der Waals surface area contributed by atoms with Crippen LogP contribution in [0.5, 0.6) is 0 Å². The molecular weight excluding hydrogens is 294 g/mol. The first-order chi connectivity index (χ1) is 10.3. The molecule has 0 heterocycles. The number of carbonyl (C=O) groups excluding carboxylic acids is 1. The van der Waals surface area contributed by atoms with Gasteiger partial charge in [0, 0.05) is 15.5 Å². The van der Waals surface area contributed by atoms with E-state index in [1.54, 1.807) is 11.8 Å². The first-order valence-corrected chi connectivity index (χ1v) is 7.99. The van der Waals surface area contributed by atoms with Crippen LogP contribution in [0.25, 0.3) is 0 Å². The maximum absolute atomic E-state index is 11.8. The first-order valence-electron chi connectivity index (χ1n) is 7.17. The summed E-state index contributed by atoms with van der Waals surface area (Å²) in [6.07, 6.45) is -0.431. The molecule has 1 amide bonds. The van der Waals surface area contributed by atoms with Crippen molar-refractivity contribution >= 4 is 23.5 Å². The molecular formula is C18H21NO2S. The van der Waals surface area contributed by atoms with Gasteiger partial charge < -0.3 is 4.74 Å². The van der Waals surface area contributed by atoms with E-state index >= 15 is 0 Å². The Hall–Kier alpha value is -1.94. The number of aryl methyl sites for hydroxylation is 1. The highest BCUT2D eigenvalue weighted by Gasteiger charge is 2.16. The lowest BCUT2D eigenvalue weighted by Gasteiger charge is -2.20. The van der Waals surface area contributed by atoms with Crippen molar-refractivity contribution in [3.05, 3.63) is 54.1 Å². The Bertz CT molecular complexity index is 648. The lowest BCUT2D eigenvalue weighted by atomic mass is 10.2. The van der Waals surface area contributed by atoms with Crippen molar-refractivity contribution in [2.75, 3.05) is 5.32 Å². The Kier molecular flexibility index (Phi) is 5.14. The summed E-state index contributed by atoms with van der Waals surface area (Å²) in [5, 5.41) is 2.79. The van der Waals surface area contributed by atoms with Crippen LogP contribution in [0, 0.1) is 6.92 Å². The zero-order chi connectivity index (χ0) is 16.2. The number of nitrogens with one attached hydrogen (secondary N) is 1. The fraction of sp³-hybridized carbons (Fsp3) is 0.278. The van der Waals surface area contributed by atoms with Crippen molar-refractivity contribution in [1.29, 1.82) is 0 Å². The summed E-state index contributed by atoms with van der Waals surface area (Å²) in [4.78, 5) is 14.1. The highest BCUT2D eigenvalue weighted by atomic mass is 32.2. The molecule has 0 fully saturated rings. The van der Waals surface area contributed by atoms with Gasteiger partial charge in [-0.1, -0.05) is 30.0 Å². The van der Waals surface area contributed by atoms with Crippen LogP contribution in [-0.4, -0.2) is 11.7 Å². The Balaban J connectivity index is 2.05. The van der Waals surface area contributed by atoms with E-state index in [-0.39, 0.29) is 0 Å². The molecule has 0 saturated heterocycles. The molecule has 0 saturated carbocycles. The fourth-order valence-electron chi connectivity index (χ4n) is 1.88. The second kappa shape index (κ2) is 6.88. The Morgan fingerprint density at radius 2 is 1.73 bits per heavy atom. The molecule has 0 aliphatic carbocycles. The average molecular weight is 315 g/mol. The highest BCUT2D eigenvalue weighted by molar-refractivity contribution is 7.99. The third kappa shape index (κ3) is 5.11. The maximum Gasteiger partial charge on any atom is 0.412 e. The van der Waals surface area contributed by atoms with Crippen molar-refractivity contribution in [3.63, 3.8) is 0 Å². The quantitative estimate of drug-likeness (QED) is 0.813. The van der Waals surface area contributed by atoms with Gasteiger partial charge in [-0.25, -0.2) is 4.79 Å². The molecule has 0 unspecified atom stereocenters. The molecule has 0 aliphatic rings. The standard InChI is InChI=1S/C18H21NO2S/c1-13-12-15(22-14-8-6-5-7-9-14)10-11-16(13)19-17(20)21-18(2,3)4/h5-12H,1-4H3,(H,19,20). The van der Waals surface area contributed by atoms with Crippen LogP contribution in [0.2, 0.25) is 0 Å². The number of anilines is 1. The number of ether oxygens (including phenoxy) is 1. The number of carbonyl (C=O) groups is 1. The van der Waals surface area contributed by atoms with Gasteiger partial charge in [-0.05, 0) is 63.6 Å². The second-order valence-corrected chi connectivity index (χ2v) is 7.17. The first kappa shape index (κ1) is 16.4. The minimum atomic E-state index is -0.499. The topological polar surface area (TPSA) is 38.3 Å². The molecule has 1 N–H and O–H groups in total. The van der Waals surface area contributed by atoms with Crippen molar-refractivity contribution in [2.45, 2.75) is 43.1 Å². The van der Waals surface area contributed by atoms with E-state index in [2.05, 4.69) is 23.5 Å². The van der Waals surface area contributed by atoms with Crippen LogP contribution in [0.1, 0.15) is 26.3 Å². The van der Waals surface area contributed by atoms with Gasteiger partial charge in [0.05, 0.1) is 0 Å². The summed E-state index contributed by atoms with van der Waals surface area (Å²) in [7, 11) is 0. The number of hydrogen-bond donors (Lipinski definition) is 1. The van der Waals surface area contributed by atoms with Gasteiger partial charge in [0.15, 0.2) is 0 Å². The van der Waals surface area contributed by atoms with Crippen molar-refractivity contribution in [2.24, 2.45) is 0 Å². The highest BCUT2D eigenvalue weighted by Crippen LogP contribution is 2.30. The summed E-state index contributed by atoms with van der Waals surface area (Å²) in [5.74, 6) is 0. The molecule has 3 nitrogen and oxygen atoms in total. The smallest absolute Gasteiger partial charge is 0.412 e. The van der Waals surface area contributed by atoms with E-state index in [9.17, 15) is 4.79 Å². The van der Waals surface area contributed by atoms with Gasteiger partial charge in [0.1, 0.15) is 5.60 Å². The third-order valence-electron chi connectivity index (χ3n) is 2.81. The summed E-state index contributed by atoms with van der Waals surface area (Å²) in [6, 6.07) is 16.2. The molecule has 0 atom stereocenters. The minimum absolute atomic E-state index is 0.431. The molecule has 116 valence electrons. The van der Waals surface area contributed by atoms with Crippen LogP contribution in [0.3, 0.4) is 0 Å². The summed E-state index contributed by atoms with van der Waals surface area (Å²) in [5.41, 5.74) is 1.28. The SMILES string of the molecule is Cc1cc(Sc2ccccc2)ccc1NC(=O)OC(C)(C)C. The molecule has 2 aromatic carbocycles. The second-order valence-electron chi connectivity index (χ2n) is 6.02. The molecule has 0 aromatic heterocycles. The molecule has 0 spiro atoms. The average Bonchev–Trinajstić information content (AvgIpc) is 2.41. The predicted octanol–water partition coefficient (Wildman–Crippen LogP) is 5.49. The van der Waals surface area contributed by atoms with E-state index in [1.807, 2.05) is 58.0 Å². The van der Waals surface area contributed by atoms with E-state index < -0.39 is 11.7 Å². The van der Waals surface area contributed by atoms with E-state index in [4.69, 9.17) is 4.74 Å². The Morgan fingerprint density at radius 3 is 2.32 bits per heavy atom. The van der Waals surface area contributed by atoms with Crippen molar-refractivity contribution < 1.29 is 9.53 Å². The van der Waals surface area contributed by atoms with Gasteiger partial charge in [-0.3, -0.25) is 5.32 Å². The van der Waals surface area contributed by atoms with E-state index in [1.165, 1.54) is 4.90 Å². The summed E-state index contributed by atoms with van der Waals surface area (Å²) < 4.78 is 5.27. The summed E-state index contributed by atoms with van der Waals surface area (Å²) >= 11 is 1.70. The number of hydrogen-bond acceptors (Lipinski definition) is 3. The van der Waals surface area contributed by atoms with Crippen LogP contribution in [-0.2, 0) is 4.74 Å². The molecule has 22 heavy (non-hydrogen) atoms. The van der Waals surface area contributed by atoms with Gasteiger partial charge >= 0.3 is 6.09 Å². The third-order valence-corrected chi connectivity index (χ3v) is 3.81. The van der Waals surface area contributed by atoms with Crippen LogP contribution in [0.4, 0.5) is 10.5 Å². The molecule has 2 rings (SSSR count). The van der Waals surface area contributed by atoms with Gasteiger partial charge in [0.25, 0.3) is 0 Å². The predicted molar refractivity (Wildman–Crippen MR) is 91.6 cm³/mol. The number of rotatable bonds is 3. The number of benzene rings is 2. The monoisotopic (exact) mass is 315 g/mol. The van der Waals surface area contributed by atoms with Gasteiger partial charge in [-0.2, -0.15) is 0 Å². The number of amides is 1. The fourth-order valence-corrected chi connectivity index (χ4v) is 2.82. The molecule has 0 radical (unpaired) electrons. The van der Waals surface area contributed by atoms with Crippen molar-refractivity contribution in [3.8, 4) is 0 Å². The lowest BCUT2D eigenvalue weighted by molar-refractivity contribution is 0.0636. The largest absolute Gasteiger partial charge is 0.444 e. The van der Waals surface area contributed by atoms with Crippen molar-refractivity contribution in [1.82, 2.24) is 0 Å².